The standard InChI is InChI=1S/C46H57FN12O5/c1-28(2)59-45-40(44(48)50-27-51-45)41(54-59)42-39(43(64-55-42)31-6-7-31)34-9-5-29(25-49-34)15-23-63-22-3-4-38(61)58-16-13-30(14-17-58)26-56-18-20-57(21-19-56)36-11-8-32(24-33(36)47)52-35-10-12-37(60)53-46(35)62/h5,8-9,11,24-25,27-28,30-31,35,52H,3-4,6-7,10,12-23,26H2,1-2H3,(H2,48,50,51)(H,53,60,62). The Hall–Kier alpha value is -6.01. The highest BCUT2D eigenvalue weighted by Gasteiger charge is 2.36. The van der Waals surface area contributed by atoms with Crippen LogP contribution in [0.4, 0.5) is 21.6 Å². The summed E-state index contributed by atoms with van der Waals surface area (Å²) in [6.45, 7) is 10.8. The van der Waals surface area contributed by atoms with E-state index in [0.29, 0.717) is 90.3 Å². The number of hydrogen-bond acceptors (Lipinski definition) is 14. The van der Waals surface area contributed by atoms with Crippen LogP contribution >= 0.6 is 0 Å². The highest BCUT2D eigenvalue weighted by molar-refractivity contribution is 6.02. The van der Waals surface area contributed by atoms with E-state index in [-0.39, 0.29) is 36.0 Å². The normalized spacial score (nSPS) is 18.9. The number of benzene rings is 1. The van der Waals surface area contributed by atoms with Crippen molar-refractivity contribution in [2.45, 2.75) is 89.6 Å². The fourth-order valence-corrected chi connectivity index (χ4v) is 9.14. The summed E-state index contributed by atoms with van der Waals surface area (Å²) < 4.78 is 28.9. The van der Waals surface area contributed by atoms with Crippen molar-refractivity contribution in [2.24, 2.45) is 5.92 Å². The first kappa shape index (κ1) is 43.3. The van der Waals surface area contributed by atoms with E-state index in [0.717, 1.165) is 94.1 Å². The van der Waals surface area contributed by atoms with Gasteiger partial charge in [-0.1, -0.05) is 11.2 Å². The smallest absolute Gasteiger partial charge is 0.249 e. The van der Waals surface area contributed by atoms with Crippen LogP contribution in [-0.4, -0.2) is 122 Å². The van der Waals surface area contributed by atoms with Gasteiger partial charge in [0.25, 0.3) is 0 Å². The van der Waals surface area contributed by atoms with Gasteiger partial charge in [-0.25, -0.2) is 19.0 Å². The van der Waals surface area contributed by atoms with E-state index < -0.39 is 6.04 Å². The van der Waals surface area contributed by atoms with E-state index in [9.17, 15) is 14.4 Å². The number of amides is 3. The van der Waals surface area contributed by atoms with Crippen molar-refractivity contribution in [1.82, 2.24) is 45.0 Å². The molecule has 17 nitrogen and oxygen atoms in total. The van der Waals surface area contributed by atoms with Gasteiger partial charge in [-0.2, -0.15) is 5.10 Å². The molecular weight excluding hydrogens is 820 g/mol. The van der Waals surface area contributed by atoms with E-state index in [1.165, 1.54) is 12.4 Å². The monoisotopic (exact) mass is 876 g/mol. The molecule has 9 rings (SSSR count). The van der Waals surface area contributed by atoms with Crippen LogP contribution in [0.5, 0.6) is 0 Å². The topological polar surface area (TPSA) is 203 Å². The van der Waals surface area contributed by atoms with E-state index in [4.69, 9.17) is 25.1 Å². The molecule has 4 N–H and O–H groups in total. The average molecular weight is 877 g/mol. The molecule has 3 saturated heterocycles. The summed E-state index contributed by atoms with van der Waals surface area (Å²) >= 11 is 0. The number of carbonyl (C=O) groups is 3. The summed E-state index contributed by atoms with van der Waals surface area (Å²) in [6.07, 6.45) is 9.85. The van der Waals surface area contributed by atoms with Gasteiger partial charge in [0.2, 0.25) is 17.7 Å². The molecule has 338 valence electrons. The molecule has 5 aromatic rings. The molecule has 7 heterocycles. The first-order chi connectivity index (χ1) is 31.1. The molecule has 64 heavy (non-hydrogen) atoms. The third kappa shape index (κ3) is 9.57. The number of imide groups is 1. The van der Waals surface area contributed by atoms with Gasteiger partial charge in [-0.15, -0.1) is 0 Å². The van der Waals surface area contributed by atoms with Gasteiger partial charge >= 0.3 is 0 Å². The van der Waals surface area contributed by atoms with Gasteiger partial charge in [0.1, 0.15) is 41.2 Å². The number of nitrogens with one attached hydrogen (secondary N) is 2. The van der Waals surface area contributed by atoms with Crippen molar-refractivity contribution >= 4 is 45.9 Å². The lowest BCUT2D eigenvalue weighted by atomic mass is 9.95. The molecule has 0 radical (unpaired) electrons. The summed E-state index contributed by atoms with van der Waals surface area (Å²) in [5.41, 5.74) is 11.9. The van der Waals surface area contributed by atoms with Gasteiger partial charge in [0.05, 0.1) is 28.9 Å². The maximum Gasteiger partial charge on any atom is 0.249 e. The van der Waals surface area contributed by atoms with E-state index >= 15 is 4.39 Å². The molecule has 4 fully saturated rings. The van der Waals surface area contributed by atoms with Crippen molar-refractivity contribution in [2.75, 3.05) is 75.0 Å². The van der Waals surface area contributed by atoms with E-state index in [1.807, 2.05) is 35.7 Å². The molecule has 3 aliphatic heterocycles. The Morgan fingerprint density at radius 2 is 1.80 bits per heavy atom. The molecule has 3 amide bonds. The quantitative estimate of drug-likeness (QED) is 0.0847. The van der Waals surface area contributed by atoms with Gasteiger partial charge < -0.3 is 30.1 Å². The molecule has 0 bridgehead atoms. The second-order valence-corrected chi connectivity index (χ2v) is 17.8. The fraction of sp³-hybridized carbons (Fsp3) is 0.522. The average Bonchev–Trinajstić information content (AvgIpc) is 3.92. The zero-order valence-corrected chi connectivity index (χ0v) is 36.6. The Balaban J connectivity index is 0.679. The molecular formula is C46H57FN12O5. The number of piperidine rings is 2. The predicted octanol–water partition coefficient (Wildman–Crippen LogP) is 5.34. The third-order valence-electron chi connectivity index (χ3n) is 12.9. The van der Waals surface area contributed by atoms with Crippen molar-refractivity contribution in [3.8, 4) is 22.6 Å². The van der Waals surface area contributed by atoms with Gasteiger partial charge in [0.15, 0.2) is 5.65 Å². The predicted molar refractivity (Wildman–Crippen MR) is 239 cm³/mol. The number of piperazine rings is 1. The second-order valence-electron chi connectivity index (χ2n) is 17.8. The van der Waals surface area contributed by atoms with Crippen molar-refractivity contribution in [1.29, 1.82) is 0 Å². The number of aromatic nitrogens is 6. The Kier molecular flexibility index (Phi) is 12.8. The number of nitrogen functional groups attached to an aromatic ring is 1. The molecule has 4 aromatic heterocycles. The highest BCUT2D eigenvalue weighted by atomic mass is 19.1. The summed E-state index contributed by atoms with van der Waals surface area (Å²) in [6, 6.07) is 8.53. The van der Waals surface area contributed by atoms with Crippen LogP contribution < -0.4 is 21.3 Å². The first-order valence-corrected chi connectivity index (χ1v) is 22.8. The number of halogens is 1. The Morgan fingerprint density at radius 3 is 2.52 bits per heavy atom. The SMILES string of the molecule is CC(C)n1nc(-c2noc(C3CC3)c2-c2ccc(CCOCCCC(=O)N3CCC(CN4CCN(c5ccc(NC6CCC(=O)NC6=O)cc5F)CC4)CC3)cn2)c2c(N)ncnc21. The maximum absolute atomic E-state index is 15.2. The summed E-state index contributed by atoms with van der Waals surface area (Å²) in [5.74, 6) is 1.17. The molecule has 1 atom stereocenters. The minimum absolute atomic E-state index is 0.0501. The van der Waals surface area contributed by atoms with Crippen LogP contribution in [-0.2, 0) is 25.5 Å². The lowest BCUT2D eigenvalue weighted by Crippen LogP contribution is -2.49. The maximum atomic E-state index is 15.2. The Bertz CT molecular complexity index is 2470. The molecule has 1 aliphatic carbocycles. The number of carbonyl (C=O) groups excluding carboxylic acids is 3. The number of anilines is 3. The van der Waals surface area contributed by atoms with Crippen LogP contribution in [0.1, 0.15) is 88.5 Å². The zero-order chi connectivity index (χ0) is 44.3. The van der Waals surface area contributed by atoms with Crippen molar-refractivity contribution < 1.29 is 28.0 Å². The minimum atomic E-state index is -0.555. The number of nitrogens with two attached hydrogens (primary N) is 1. The fourth-order valence-electron chi connectivity index (χ4n) is 9.14. The van der Waals surface area contributed by atoms with Crippen LogP contribution in [0.15, 0.2) is 47.4 Å². The molecule has 4 aliphatic rings. The minimum Gasteiger partial charge on any atom is -0.383 e. The van der Waals surface area contributed by atoms with Crippen LogP contribution in [0.3, 0.4) is 0 Å². The van der Waals surface area contributed by atoms with Gasteiger partial charge in [-0.05, 0) is 94.5 Å². The second kappa shape index (κ2) is 19.0. The summed E-state index contributed by atoms with van der Waals surface area (Å²) in [4.78, 5) is 56.7. The zero-order valence-electron chi connectivity index (χ0n) is 36.6. The summed E-state index contributed by atoms with van der Waals surface area (Å²) in [5, 5.41) is 15.4. The number of fused-ring (bicyclic) bond motifs is 1. The molecule has 0 spiro atoms. The van der Waals surface area contributed by atoms with Gasteiger partial charge in [0, 0.05) is 89.1 Å². The number of rotatable bonds is 16. The molecule has 1 saturated carbocycles. The Morgan fingerprint density at radius 1 is 0.984 bits per heavy atom. The lowest BCUT2D eigenvalue weighted by molar-refractivity contribution is -0.134. The third-order valence-corrected chi connectivity index (χ3v) is 12.9. The Labute approximate surface area is 371 Å². The largest absolute Gasteiger partial charge is 0.383 e. The molecule has 1 unspecified atom stereocenters. The number of likely N-dealkylation sites (tertiary alicyclic amines) is 1. The van der Waals surface area contributed by atoms with E-state index in [1.54, 1.807) is 12.1 Å². The number of pyridine rings is 1. The molecule has 1 aromatic carbocycles. The van der Waals surface area contributed by atoms with Crippen LogP contribution in [0, 0.1) is 11.7 Å². The number of nitrogens with zero attached hydrogens (tertiary/aromatic N) is 9. The number of hydrogen-bond donors (Lipinski definition) is 3. The van der Waals surface area contributed by atoms with Crippen LogP contribution in [0.25, 0.3) is 33.7 Å². The summed E-state index contributed by atoms with van der Waals surface area (Å²) in [7, 11) is 0. The van der Waals surface area contributed by atoms with Crippen molar-refractivity contribution in [3.63, 3.8) is 0 Å². The van der Waals surface area contributed by atoms with Crippen LogP contribution in [0.2, 0.25) is 0 Å². The van der Waals surface area contributed by atoms with Gasteiger partial charge in [-0.3, -0.25) is 29.6 Å². The highest BCUT2D eigenvalue weighted by Crippen LogP contribution is 2.48. The molecule has 18 heteroatoms. The lowest BCUT2D eigenvalue weighted by Gasteiger charge is -2.39. The van der Waals surface area contributed by atoms with Crippen molar-refractivity contribution in [3.05, 3.63) is 60.0 Å². The van der Waals surface area contributed by atoms with E-state index in [2.05, 4.69) is 41.6 Å². The first-order valence-electron chi connectivity index (χ1n) is 22.8. The number of ether oxygens (including phenoxy) is 1.